The van der Waals surface area contributed by atoms with E-state index >= 15 is 0 Å². The first-order chi connectivity index (χ1) is 35.6. The topological polar surface area (TPSA) is 83.2 Å². The van der Waals surface area contributed by atoms with Gasteiger partial charge in [-0.2, -0.15) is 10.5 Å². The van der Waals surface area contributed by atoms with Crippen LogP contribution in [-0.4, -0.2) is 19.1 Å². The minimum absolute atomic E-state index is 0.608. The summed E-state index contributed by atoms with van der Waals surface area (Å²) in [7, 11) is 0. The number of nitriles is 2. The van der Waals surface area contributed by atoms with Gasteiger partial charge in [0, 0.05) is 49.4 Å². The van der Waals surface area contributed by atoms with Crippen molar-refractivity contribution >= 4 is 43.6 Å². The van der Waals surface area contributed by atoms with Gasteiger partial charge >= 0.3 is 0 Å². The SMILES string of the molecule is N#Cc1cccc(-c2ccc3c(c2)c2cc(-c4cccc(C#N)c4)ccc2n3-c2ccc(-c3cc(-c4ccccc4)nc(-c4ccccc4)n3)cc2-c2ccccc2-n2c3ccccc3c3ccccc32)c1. The van der Waals surface area contributed by atoms with Crippen LogP contribution in [0.1, 0.15) is 11.1 Å². The predicted molar refractivity (Wildman–Crippen MR) is 293 cm³/mol. The molecule has 0 radical (unpaired) electrons. The van der Waals surface area contributed by atoms with Crippen molar-refractivity contribution in [1.29, 1.82) is 10.5 Å². The van der Waals surface area contributed by atoms with E-state index < -0.39 is 0 Å². The summed E-state index contributed by atoms with van der Waals surface area (Å²) in [6, 6.07) is 88.8. The molecule has 3 aromatic heterocycles. The summed E-state index contributed by atoms with van der Waals surface area (Å²) in [6.07, 6.45) is 0. The van der Waals surface area contributed by atoms with E-state index in [1.54, 1.807) is 0 Å². The predicted octanol–water partition coefficient (Wildman–Crippen LogP) is 16.4. The van der Waals surface area contributed by atoms with Gasteiger partial charge in [-0.3, -0.25) is 0 Å². The van der Waals surface area contributed by atoms with Gasteiger partial charge < -0.3 is 9.13 Å². The van der Waals surface area contributed by atoms with Gasteiger partial charge in [0.05, 0.1) is 68.1 Å². The van der Waals surface area contributed by atoms with Crippen LogP contribution in [0.2, 0.25) is 0 Å². The van der Waals surface area contributed by atoms with Crippen molar-refractivity contribution in [2.24, 2.45) is 0 Å². The lowest BCUT2D eigenvalue weighted by Crippen LogP contribution is -2.02. The van der Waals surface area contributed by atoms with E-state index in [0.29, 0.717) is 17.0 Å². The molecule has 0 N–H and O–H groups in total. The lowest BCUT2D eigenvalue weighted by atomic mass is 9.96. The molecule has 6 nitrogen and oxygen atoms in total. The summed E-state index contributed by atoms with van der Waals surface area (Å²) in [5, 5.41) is 24.2. The Balaban J connectivity index is 1.11. The van der Waals surface area contributed by atoms with E-state index in [0.717, 1.165) is 106 Å². The van der Waals surface area contributed by atoms with Gasteiger partial charge in [-0.15, -0.1) is 0 Å². The number of para-hydroxylation sites is 3. The molecule has 0 aliphatic heterocycles. The molecule has 0 bridgehead atoms. The van der Waals surface area contributed by atoms with Gasteiger partial charge in [-0.25, -0.2) is 9.97 Å². The normalized spacial score (nSPS) is 11.3. The van der Waals surface area contributed by atoms with E-state index in [-0.39, 0.29) is 0 Å². The number of hydrogen-bond acceptors (Lipinski definition) is 4. The zero-order valence-electron chi connectivity index (χ0n) is 38.8. The lowest BCUT2D eigenvalue weighted by molar-refractivity contribution is 1.16. The highest BCUT2D eigenvalue weighted by Gasteiger charge is 2.23. The molecule has 0 aliphatic rings. The van der Waals surface area contributed by atoms with Crippen LogP contribution in [0.15, 0.2) is 243 Å². The van der Waals surface area contributed by atoms with Gasteiger partial charge in [-0.1, -0.05) is 158 Å². The Hall–Kier alpha value is -10.1. The Morgan fingerprint density at radius 1 is 0.292 bits per heavy atom. The maximum Gasteiger partial charge on any atom is 0.160 e. The highest BCUT2D eigenvalue weighted by atomic mass is 15.0. The second kappa shape index (κ2) is 17.4. The fourth-order valence-corrected chi connectivity index (χ4v) is 10.4. The summed E-state index contributed by atoms with van der Waals surface area (Å²) in [4.78, 5) is 10.5. The number of nitrogens with zero attached hydrogens (tertiary/aromatic N) is 6. The van der Waals surface area contributed by atoms with Crippen molar-refractivity contribution < 1.29 is 0 Å². The Morgan fingerprint density at radius 3 is 1.32 bits per heavy atom. The summed E-state index contributed by atoms with van der Waals surface area (Å²) in [5.41, 5.74) is 18.1. The van der Waals surface area contributed by atoms with Gasteiger partial charge in [-0.05, 0) is 107 Å². The Kier molecular flexibility index (Phi) is 10.2. The molecule has 0 atom stereocenters. The van der Waals surface area contributed by atoms with Crippen LogP contribution in [-0.2, 0) is 0 Å². The van der Waals surface area contributed by atoms with E-state index in [1.165, 1.54) is 10.8 Å². The largest absolute Gasteiger partial charge is 0.309 e. The van der Waals surface area contributed by atoms with Crippen LogP contribution in [0.4, 0.5) is 0 Å². The van der Waals surface area contributed by atoms with Gasteiger partial charge in [0.2, 0.25) is 0 Å². The standard InChI is InChI=1S/C66H40N6/c67-41-43-15-13-21-47(35-43)49-29-32-64-56(37-49)57-38-50(48-22-14-16-44(36-48)42-68)30-33-65(57)72(64)63-34-31-51(59-40-58(45-17-3-1-4-18-45)69-66(70-59)46-19-5-2-6-20-46)39-55(63)54-25-9-12-28-62(54)71-60-26-10-7-23-52(60)53-24-8-11-27-61(53)71/h1-40H. The minimum atomic E-state index is 0.608. The number of hydrogen-bond donors (Lipinski definition) is 0. The van der Waals surface area contributed by atoms with E-state index in [1.807, 2.05) is 72.8 Å². The zero-order valence-corrected chi connectivity index (χ0v) is 38.8. The maximum atomic E-state index is 9.87. The molecule has 334 valence electrons. The quantitative estimate of drug-likeness (QED) is 0.152. The Labute approximate surface area is 415 Å². The maximum absolute atomic E-state index is 9.87. The van der Waals surface area contributed by atoms with Crippen molar-refractivity contribution in [2.45, 2.75) is 0 Å². The monoisotopic (exact) mass is 916 g/mol. The van der Waals surface area contributed by atoms with Crippen molar-refractivity contribution in [3.63, 3.8) is 0 Å². The van der Waals surface area contributed by atoms with E-state index in [4.69, 9.17) is 9.97 Å². The highest BCUT2D eigenvalue weighted by molar-refractivity contribution is 6.13. The molecule has 0 saturated heterocycles. The second-order valence-electron chi connectivity index (χ2n) is 18.0. The fraction of sp³-hybridized carbons (Fsp3) is 0. The molecule has 6 heteroatoms. The number of fused-ring (bicyclic) bond motifs is 6. The molecule has 72 heavy (non-hydrogen) atoms. The first-order valence-electron chi connectivity index (χ1n) is 23.9. The van der Waals surface area contributed by atoms with Crippen LogP contribution in [0.3, 0.4) is 0 Å². The summed E-state index contributed by atoms with van der Waals surface area (Å²) >= 11 is 0. The zero-order chi connectivity index (χ0) is 48.1. The average molecular weight is 917 g/mol. The van der Waals surface area contributed by atoms with Crippen LogP contribution in [0.25, 0.3) is 122 Å². The third kappa shape index (κ3) is 7.19. The average Bonchev–Trinajstić information content (AvgIpc) is 3.97. The molecule has 0 spiro atoms. The molecule has 3 heterocycles. The summed E-state index contributed by atoms with van der Waals surface area (Å²) in [6.45, 7) is 0. The molecule has 0 amide bonds. The molecule has 0 saturated carbocycles. The Morgan fingerprint density at radius 2 is 0.736 bits per heavy atom. The number of benzene rings is 10. The molecule has 0 unspecified atom stereocenters. The molecular formula is C66H40N6. The van der Waals surface area contributed by atoms with E-state index in [2.05, 4.69) is 191 Å². The highest BCUT2D eigenvalue weighted by Crippen LogP contribution is 2.44. The molecule has 0 aliphatic carbocycles. The fourth-order valence-electron chi connectivity index (χ4n) is 10.4. The van der Waals surface area contributed by atoms with Gasteiger partial charge in [0.1, 0.15) is 0 Å². The smallest absolute Gasteiger partial charge is 0.160 e. The van der Waals surface area contributed by atoms with Crippen LogP contribution >= 0.6 is 0 Å². The van der Waals surface area contributed by atoms with Crippen molar-refractivity contribution in [1.82, 2.24) is 19.1 Å². The molecular weight excluding hydrogens is 877 g/mol. The Bertz CT molecular complexity index is 4130. The van der Waals surface area contributed by atoms with Crippen molar-refractivity contribution in [3.05, 3.63) is 254 Å². The van der Waals surface area contributed by atoms with Crippen LogP contribution in [0.5, 0.6) is 0 Å². The van der Waals surface area contributed by atoms with Gasteiger partial charge in [0.15, 0.2) is 5.82 Å². The molecule has 13 aromatic rings. The van der Waals surface area contributed by atoms with E-state index in [9.17, 15) is 10.5 Å². The third-order valence-corrected chi connectivity index (χ3v) is 13.8. The van der Waals surface area contributed by atoms with Gasteiger partial charge in [0.25, 0.3) is 0 Å². The first-order valence-corrected chi connectivity index (χ1v) is 23.9. The molecule has 13 rings (SSSR count). The summed E-state index contributed by atoms with van der Waals surface area (Å²) < 4.78 is 4.79. The van der Waals surface area contributed by atoms with Crippen LogP contribution < -0.4 is 0 Å². The van der Waals surface area contributed by atoms with Crippen LogP contribution in [0, 0.1) is 22.7 Å². The number of rotatable bonds is 8. The second-order valence-corrected chi connectivity index (χ2v) is 18.0. The first kappa shape index (κ1) is 42.0. The third-order valence-electron chi connectivity index (χ3n) is 13.8. The lowest BCUT2D eigenvalue weighted by Gasteiger charge is -2.20. The number of aromatic nitrogens is 4. The molecule has 0 fully saturated rings. The van der Waals surface area contributed by atoms with Crippen molar-refractivity contribution in [2.75, 3.05) is 0 Å². The summed E-state index contributed by atoms with van der Waals surface area (Å²) in [5.74, 6) is 0.651. The molecule has 10 aromatic carbocycles. The minimum Gasteiger partial charge on any atom is -0.309 e. The van der Waals surface area contributed by atoms with Crippen molar-refractivity contribution in [3.8, 4) is 90.8 Å².